The molecule has 0 radical (unpaired) electrons. The minimum Gasteiger partial charge on any atom is -0.379 e. The van der Waals surface area contributed by atoms with Crippen molar-refractivity contribution < 1.29 is 33.2 Å². The SMILES string of the molecule is CCOCCOCCOCCOCCOCCOCCOCCn1nncc1C. The summed E-state index contributed by atoms with van der Waals surface area (Å²) in [5.41, 5.74) is 1.03. The van der Waals surface area contributed by atoms with Crippen LogP contribution in [0.2, 0.25) is 0 Å². The molecule has 0 aliphatic carbocycles. The molecule has 0 unspecified atom stereocenters. The molecule has 0 aliphatic rings. The van der Waals surface area contributed by atoms with E-state index in [1.165, 1.54) is 0 Å². The van der Waals surface area contributed by atoms with Gasteiger partial charge in [0.2, 0.25) is 0 Å². The molecule has 1 rings (SSSR count). The Morgan fingerprint density at radius 3 is 1.34 bits per heavy atom. The van der Waals surface area contributed by atoms with Crippen molar-refractivity contribution in [2.45, 2.75) is 20.4 Å². The molecule has 170 valence electrons. The van der Waals surface area contributed by atoms with Gasteiger partial charge >= 0.3 is 0 Å². The molecule has 10 nitrogen and oxygen atoms in total. The molecule has 0 bridgehead atoms. The van der Waals surface area contributed by atoms with Crippen molar-refractivity contribution in [3.63, 3.8) is 0 Å². The van der Waals surface area contributed by atoms with Crippen LogP contribution >= 0.6 is 0 Å². The van der Waals surface area contributed by atoms with E-state index in [2.05, 4.69) is 10.3 Å². The molecule has 0 aliphatic heterocycles. The van der Waals surface area contributed by atoms with Crippen LogP contribution in [0.25, 0.3) is 0 Å². The second-order valence-corrected chi connectivity index (χ2v) is 5.97. The zero-order valence-corrected chi connectivity index (χ0v) is 17.9. The van der Waals surface area contributed by atoms with Crippen molar-refractivity contribution in [3.05, 3.63) is 11.9 Å². The van der Waals surface area contributed by atoms with E-state index >= 15 is 0 Å². The van der Waals surface area contributed by atoms with Crippen molar-refractivity contribution in [3.8, 4) is 0 Å². The number of hydrogen-bond donors (Lipinski definition) is 0. The minimum atomic E-state index is 0.539. The highest BCUT2D eigenvalue weighted by atomic mass is 16.6. The number of hydrogen-bond acceptors (Lipinski definition) is 9. The van der Waals surface area contributed by atoms with Crippen LogP contribution in [0, 0.1) is 6.92 Å². The second kappa shape index (κ2) is 20.1. The molecule has 29 heavy (non-hydrogen) atoms. The van der Waals surface area contributed by atoms with Gasteiger partial charge in [-0.15, -0.1) is 5.10 Å². The average Bonchev–Trinajstić information content (AvgIpc) is 3.14. The molecule has 0 aromatic carbocycles. The van der Waals surface area contributed by atoms with Crippen LogP contribution in [-0.2, 0) is 39.7 Å². The molecule has 0 atom stereocenters. The van der Waals surface area contributed by atoms with Gasteiger partial charge in [-0.3, -0.25) is 0 Å². The fourth-order valence-corrected chi connectivity index (χ4v) is 2.14. The lowest BCUT2D eigenvalue weighted by molar-refractivity contribution is -0.0204. The maximum absolute atomic E-state index is 5.49. The van der Waals surface area contributed by atoms with Crippen molar-refractivity contribution in [2.75, 3.05) is 92.5 Å². The van der Waals surface area contributed by atoms with Crippen LogP contribution < -0.4 is 0 Å². The molecule has 0 fully saturated rings. The van der Waals surface area contributed by atoms with Gasteiger partial charge in [0.1, 0.15) is 0 Å². The highest BCUT2D eigenvalue weighted by Gasteiger charge is 1.98. The zero-order chi connectivity index (χ0) is 20.8. The van der Waals surface area contributed by atoms with Crippen LogP contribution in [0.1, 0.15) is 12.6 Å². The van der Waals surface area contributed by atoms with E-state index in [9.17, 15) is 0 Å². The first-order chi connectivity index (χ1) is 14.3. The summed E-state index contributed by atoms with van der Waals surface area (Å²) in [4.78, 5) is 0. The second-order valence-electron chi connectivity index (χ2n) is 5.97. The van der Waals surface area contributed by atoms with Crippen LogP contribution in [0.4, 0.5) is 0 Å². The highest BCUT2D eigenvalue weighted by molar-refractivity contribution is 4.88. The molecular formula is C19H37N3O7. The highest BCUT2D eigenvalue weighted by Crippen LogP contribution is 1.92. The van der Waals surface area contributed by atoms with Crippen molar-refractivity contribution in [1.29, 1.82) is 0 Å². The number of aromatic nitrogens is 3. The summed E-state index contributed by atoms with van der Waals surface area (Å²) in [5.74, 6) is 0. The van der Waals surface area contributed by atoms with Crippen LogP contribution in [0.15, 0.2) is 6.20 Å². The number of aryl methyl sites for hydroxylation is 1. The fraction of sp³-hybridized carbons (Fsp3) is 0.895. The van der Waals surface area contributed by atoms with Gasteiger partial charge in [-0.2, -0.15) is 0 Å². The third-order valence-corrected chi connectivity index (χ3v) is 3.69. The fourth-order valence-electron chi connectivity index (χ4n) is 2.14. The number of nitrogens with zero attached hydrogens (tertiary/aromatic N) is 3. The Bertz CT molecular complexity index is 463. The summed E-state index contributed by atoms with van der Waals surface area (Å²) in [5, 5.41) is 7.77. The first-order valence-corrected chi connectivity index (χ1v) is 10.2. The van der Waals surface area contributed by atoms with Gasteiger partial charge in [0.05, 0.1) is 104 Å². The van der Waals surface area contributed by atoms with Gasteiger partial charge in [0.15, 0.2) is 0 Å². The molecule has 1 aromatic heterocycles. The molecule has 10 heteroatoms. The predicted molar refractivity (Wildman–Crippen MR) is 106 cm³/mol. The first kappa shape index (κ1) is 25.9. The molecule has 0 saturated heterocycles. The van der Waals surface area contributed by atoms with E-state index < -0.39 is 0 Å². The van der Waals surface area contributed by atoms with Gasteiger partial charge in [-0.05, 0) is 13.8 Å². The zero-order valence-electron chi connectivity index (χ0n) is 17.9. The van der Waals surface area contributed by atoms with Gasteiger partial charge in [0.25, 0.3) is 0 Å². The first-order valence-electron chi connectivity index (χ1n) is 10.2. The van der Waals surface area contributed by atoms with Crippen LogP contribution in [0.5, 0.6) is 0 Å². The Kier molecular flexibility index (Phi) is 18.0. The summed E-state index contributed by atoms with van der Waals surface area (Å²) < 4.78 is 39.5. The Labute approximate surface area is 173 Å². The molecule has 0 amide bonds. The molecule has 0 saturated carbocycles. The summed E-state index contributed by atoms with van der Waals surface area (Å²) in [6.45, 7) is 12.6. The Hall–Kier alpha value is -1.14. The third kappa shape index (κ3) is 16.4. The summed E-state index contributed by atoms with van der Waals surface area (Å²) in [6.07, 6.45) is 1.73. The quantitative estimate of drug-likeness (QED) is 0.252. The monoisotopic (exact) mass is 419 g/mol. The topological polar surface area (TPSA) is 95.3 Å². The summed E-state index contributed by atoms with van der Waals surface area (Å²) in [6, 6.07) is 0. The van der Waals surface area contributed by atoms with Crippen molar-refractivity contribution in [2.24, 2.45) is 0 Å². The van der Waals surface area contributed by atoms with E-state index in [-0.39, 0.29) is 0 Å². The maximum atomic E-state index is 5.49. The standard InChI is InChI=1S/C19H37N3O7/c1-3-23-6-7-25-10-11-27-14-15-29-17-16-28-13-12-26-9-8-24-5-4-22-19(2)18-20-21-22/h18H,3-17H2,1-2H3. The van der Waals surface area contributed by atoms with Gasteiger partial charge < -0.3 is 33.2 Å². The maximum Gasteiger partial charge on any atom is 0.0722 e. The van der Waals surface area contributed by atoms with Gasteiger partial charge in [-0.25, -0.2) is 4.68 Å². The van der Waals surface area contributed by atoms with Gasteiger partial charge in [-0.1, -0.05) is 5.21 Å². The van der Waals surface area contributed by atoms with Gasteiger partial charge in [0, 0.05) is 6.61 Å². The smallest absolute Gasteiger partial charge is 0.0722 e. The Morgan fingerprint density at radius 1 is 0.621 bits per heavy atom. The largest absolute Gasteiger partial charge is 0.379 e. The van der Waals surface area contributed by atoms with E-state index in [4.69, 9.17) is 33.2 Å². The lowest BCUT2D eigenvalue weighted by Crippen LogP contribution is -2.15. The number of ether oxygens (including phenoxy) is 7. The van der Waals surface area contributed by atoms with Crippen molar-refractivity contribution in [1.82, 2.24) is 15.0 Å². The third-order valence-electron chi connectivity index (χ3n) is 3.69. The van der Waals surface area contributed by atoms with E-state index in [0.717, 1.165) is 12.3 Å². The Morgan fingerprint density at radius 2 is 1.00 bits per heavy atom. The van der Waals surface area contributed by atoms with E-state index in [0.29, 0.717) is 92.4 Å². The average molecular weight is 420 g/mol. The van der Waals surface area contributed by atoms with Crippen LogP contribution in [-0.4, -0.2) is 107 Å². The Balaban J connectivity index is 1.67. The lowest BCUT2D eigenvalue weighted by Gasteiger charge is -2.08. The van der Waals surface area contributed by atoms with E-state index in [1.54, 1.807) is 6.20 Å². The van der Waals surface area contributed by atoms with E-state index in [1.807, 2.05) is 18.5 Å². The normalized spacial score (nSPS) is 11.4. The molecule has 1 heterocycles. The molecule has 0 spiro atoms. The van der Waals surface area contributed by atoms with Crippen LogP contribution in [0.3, 0.4) is 0 Å². The molecule has 1 aromatic rings. The molecular weight excluding hydrogens is 382 g/mol. The lowest BCUT2D eigenvalue weighted by atomic mass is 10.5. The summed E-state index contributed by atoms with van der Waals surface area (Å²) >= 11 is 0. The van der Waals surface area contributed by atoms with Crippen molar-refractivity contribution >= 4 is 0 Å². The molecule has 0 N–H and O–H groups in total. The predicted octanol–water partition coefficient (Wildman–Crippen LogP) is 0.723. The summed E-state index contributed by atoms with van der Waals surface area (Å²) in [7, 11) is 0. The minimum absolute atomic E-state index is 0.539. The number of rotatable bonds is 22.